The highest BCUT2D eigenvalue weighted by Gasteiger charge is 2.12. The zero-order valence-corrected chi connectivity index (χ0v) is 10.1. The molecule has 0 saturated carbocycles. The monoisotopic (exact) mass is 245 g/mol. The highest BCUT2D eigenvalue weighted by molar-refractivity contribution is 5.91. The lowest BCUT2D eigenvalue weighted by Crippen LogP contribution is -2.16. The molecule has 0 aromatic heterocycles. The first kappa shape index (κ1) is 13.8. The lowest BCUT2D eigenvalue weighted by atomic mass is 10.0. The molecule has 1 amide bonds. The molecular weight excluding hydrogens is 230 g/mol. The van der Waals surface area contributed by atoms with E-state index in [2.05, 4.69) is 11.2 Å². The van der Waals surface area contributed by atoms with Crippen LogP contribution in [0.25, 0.3) is 0 Å². The molecule has 0 spiro atoms. The Morgan fingerprint density at radius 1 is 1.44 bits per heavy atom. The van der Waals surface area contributed by atoms with E-state index in [9.17, 15) is 9.59 Å². The molecule has 0 aliphatic heterocycles. The predicted octanol–water partition coefficient (Wildman–Crippen LogP) is 2.11. The Kier molecular flexibility index (Phi) is 4.94. The fourth-order valence-electron chi connectivity index (χ4n) is 1.59. The maximum Gasteiger partial charge on any atom is 0.303 e. The molecule has 1 atom stereocenters. The lowest BCUT2D eigenvalue weighted by Gasteiger charge is -2.09. The summed E-state index contributed by atoms with van der Waals surface area (Å²) in [5.41, 5.74) is 1.31. The molecule has 0 aliphatic carbocycles. The van der Waals surface area contributed by atoms with Gasteiger partial charge in [-0.2, -0.15) is 0 Å². The number of carboxylic acids is 1. The highest BCUT2D eigenvalue weighted by Crippen LogP contribution is 2.13. The van der Waals surface area contributed by atoms with Gasteiger partial charge in [0.2, 0.25) is 5.91 Å². The number of hydrogen-bond donors (Lipinski definition) is 2. The van der Waals surface area contributed by atoms with Gasteiger partial charge in [0.15, 0.2) is 0 Å². The third-order valence-corrected chi connectivity index (χ3v) is 2.37. The van der Waals surface area contributed by atoms with Crippen molar-refractivity contribution in [1.82, 2.24) is 0 Å². The smallest absolute Gasteiger partial charge is 0.303 e. The van der Waals surface area contributed by atoms with Crippen LogP contribution in [-0.2, 0) is 9.59 Å². The average Bonchev–Trinajstić information content (AvgIpc) is 2.27. The molecule has 1 aromatic rings. The van der Waals surface area contributed by atoms with E-state index in [1.165, 1.54) is 0 Å². The average molecular weight is 245 g/mol. The van der Waals surface area contributed by atoms with Gasteiger partial charge in [0, 0.05) is 24.1 Å². The van der Waals surface area contributed by atoms with Crippen LogP contribution in [-0.4, -0.2) is 17.0 Å². The van der Waals surface area contributed by atoms with Gasteiger partial charge >= 0.3 is 5.97 Å². The summed E-state index contributed by atoms with van der Waals surface area (Å²) < 4.78 is 0. The van der Waals surface area contributed by atoms with Crippen molar-refractivity contribution in [2.45, 2.75) is 19.8 Å². The molecule has 2 N–H and O–H groups in total. The molecule has 4 nitrogen and oxygen atoms in total. The molecule has 0 heterocycles. The summed E-state index contributed by atoms with van der Waals surface area (Å²) in [4.78, 5) is 22.1. The van der Waals surface area contributed by atoms with Gasteiger partial charge in [-0.1, -0.05) is 18.9 Å². The molecule has 1 rings (SSSR count). The minimum atomic E-state index is -0.898. The minimum absolute atomic E-state index is 0.0161. The van der Waals surface area contributed by atoms with E-state index in [-0.39, 0.29) is 24.7 Å². The lowest BCUT2D eigenvalue weighted by molar-refractivity contribution is -0.138. The van der Waals surface area contributed by atoms with Crippen LogP contribution in [0.2, 0.25) is 0 Å². The van der Waals surface area contributed by atoms with Gasteiger partial charge in [0.1, 0.15) is 0 Å². The third-order valence-electron chi connectivity index (χ3n) is 2.37. The Balaban J connectivity index is 2.54. The standard InChI is InChI=1S/C14H15NO3/c1-3-11-5-4-6-12(9-11)15-13(16)7-10(2)8-14(17)18/h1,4-6,9-10H,7-8H2,2H3,(H,15,16)(H,17,18). The van der Waals surface area contributed by atoms with Crippen molar-refractivity contribution in [3.8, 4) is 12.3 Å². The van der Waals surface area contributed by atoms with Crippen LogP contribution < -0.4 is 5.32 Å². The van der Waals surface area contributed by atoms with Crippen molar-refractivity contribution in [2.24, 2.45) is 5.92 Å². The largest absolute Gasteiger partial charge is 0.481 e. The number of carbonyl (C=O) groups is 2. The number of rotatable bonds is 5. The Morgan fingerprint density at radius 3 is 2.78 bits per heavy atom. The van der Waals surface area contributed by atoms with E-state index in [4.69, 9.17) is 11.5 Å². The topological polar surface area (TPSA) is 66.4 Å². The summed E-state index contributed by atoms with van der Waals surface area (Å²) >= 11 is 0. The zero-order chi connectivity index (χ0) is 13.5. The SMILES string of the molecule is C#Cc1cccc(NC(=O)CC(C)CC(=O)O)c1. The first-order valence-electron chi connectivity index (χ1n) is 5.59. The maximum atomic E-state index is 11.6. The molecular formula is C14H15NO3. The van der Waals surface area contributed by atoms with Gasteiger partial charge in [0.05, 0.1) is 0 Å². The summed E-state index contributed by atoms with van der Waals surface area (Å²) in [6.45, 7) is 1.73. The number of aliphatic carboxylic acids is 1. The molecule has 0 bridgehead atoms. The van der Waals surface area contributed by atoms with Crippen molar-refractivity contribution in [3.63, 3.8) is 0 Å². The van der Waals surface area contributed by atoms with Crippen LogP contribution in [0, 0.1) is 18.3 Å². The van der Waals surface area contributed by atoms with Gasteiger partial charge in [-0.05, 0) is 24.1 Å². The molecule has 1 unspecified atom stereocenters. The van der Waals surface area contributed by atoms with Crippen LogP contribution >= 0.6 is 0 Å². The van der Waals surface area contributed by atoms with Crippen molar-refractivity contribution in [1.29, 1.82) is 0 Å². The minimum Gasteiger partial charge on any atom is -0.481 e. The van der Waals surface area contributed by atoms with Gasteiger partial charge in [-0.25, -0.2) is 0 Å². The van der Waals surface area contributed by atoms with Gasteiger partial charge in [-0.15, -0.1) is 6.42 Å². The Hall–Kier alpha value is -2.28. The Labute approximate surface area is 106 Å². The van der Waals surface area contributed by atoms with E-state index in [0.717, 1.165) is 0 Å². The zero-order valence-electron chi connectivity index (χ0n) is 10.1. The van der Waals surface area contributed by atoms with Crippen LogP contribution in [0.3, 0.4) is 0 Å². The number of nitrogens with one attached hydrogen (secondary N) is 1. The van der Waals surface area contributed by atoms with Crippen LogP contribution in [0.1, 0.15) is 25.3 Å². The van der Waals surface area contributed by atoms with Crippen molar-refractivity contribution in [2.75, 3.05) is 5.32 Å². The van der Waals surface area contributed by atoms with Crippen molar-refractivity contribution < 1.29 is 14.7 Å². The number of terminal acetylenes is 1. The number of hydrogen-bond acceptors (Lipinski definition) is 2. The summed E-state index contributed by atoms with van der Waals surface area (Å²) in [5.74, 6) is 1.17. The third kappa shape index (κ3) is 4.71. The van der Waals surface area contributed by atoms with Crippen LogP contribution in [0.4, 0.5) is 5.69 Å². The molecule has 18 heavy (non-hydrogen) atoms. The molecule has 94 valence electrons. The number of benzene rings is 1. The Morgan fingerprint density at radius 2 is 2.17 bits per heavy atom. The van der Waals surface area contributed by atoms with E-state index in [1.807, 2.05) is 0 Å². The van der Waals surface area contributed by atoms with Crippen molar-refractivity contribution >= 4 is 17.6 Å². The molecule has 0 radical (unpaired) electrons. The van der Waals surface area contributed by atoms with E-state index >= 15 is 0 Å². The van der Waals surface area contributed by atoms with Gasteiger partial charge in [0.25, 0.3) is 0 Å². The molecule has 0 fully saturated rings. The molecule has 4 heteroatoms. The summed E-state index contributed by atoms with van der Waals surface area (Å²) in [5, 5.41) is 11.3. The van der Waals surface area contributed by atoms with Crippen molar-refractivity contribution in [3.05, 3.63) is 29.8 Å². The number of carbonyl (C=O) groups excluding carboxylic acids is 1. The number of anilines is 1. The van der Waals surface area contributed by atoms with Gasteiger partial charge in [-0.3, -0.25) is 9.59 Å². The molecule has 0 aliphatic rings. The van der Waals surface area contributed by atoms with E-state index in [0.29, 0.717) is 11.3 Å². The maximum absolute atomic E-state index is 11.6. The predicted molar refractivity (Wildman–Crippen MR) is 69.0 cm³/mol. The quantitative estimate of drug-likeness (QED) is 0.781. The molecule has 0 saturated heterocycles. The number of amides is 1. The van der Waals surface area contributed by atoms with Crippen LogP contribution in [0.15, 0.2) is 24.3 Å². The van der Waals surface area contributed by atoms with E-state index < -0.39 is 5.97 Å². The Bertz CT molecular complexity index is 488. The highest BCUT2D eigenvalue weighted by atomic mass is 16.4. The van der Waals surface area contributed by atoms with Gasteiger partial charge < -0.3 is 10.4 Å². The second-order valence-corrected chi connectivity index (χ2v) is 4.18. The first-order chi connectivity index (χ1) is 8.51. The number of carboxylic acid groups (broad SMARTS) is 1. The second kappa shape index (κ2) is 6.45. The summed E-state index contributed by atoms with van der Waals surface area (Å²) in [6.07, 6.45) is 5.41. The fourth-order valence-corrected chi connectivity index (χ4v) is 1.59. The summed E-state index contributed by atoms with van der Waals surface area (Å²) in [7, 11) is 0. The fraction of sp³-hybridized carbons (Fsp3) is 0.286. The molecule has 1 aromatic carbocycles. The normalized spacial score (nSPS) is 11.3. The van der Waals surface area contributed by atoms with Crippen LogP contribution in [0.5, 0.6) is 0 Å². The second-order valence-electron chi connectivity index (χ2n) is 4.18. The van der Waals surface area contributed by atoms with E-state index in [1.54, 1.807) is 31.2 Å². The first-order valence-corrected chi connectivity index (χ1v) is 5.59. The summed E-state index contributed by atoms with van der Waals surface area (Å²) in [6, 6.07) is 6.95.